The SMILES string of the molecule is CC(=O)[O-].CCCCCCCCCCCCCCCCCCC(N)(N)CCCCC.[Na+]. The normalized spacial score (nSPS) is 10.9. The van der Waals surface area contributed by atoms with Crippen molar-refractivity contribution >= 4 is 5.97 Å². The Kier molecular flexibility index (Phi) is 33.0. The Bertz CT molecular complexity index is 348. The first-order chi connectivity index (χ1) is 14.4. The van der Waals surface area contributed by atoms with Crippen molar-refractivity contribution in [2.45, 2.75) is 161 Å². The molecule has 0 radical (unpaired) electrons. The van der Waals surface area contributed by atoms with E-state index in [0.29, 0.717) is 0 Å². The van der Waals surface area contributed by atoms with Crippen molar-refractivity contribution in [3.05, 3.63) is 0 Å². The molecule has 5 heteroatoms. The Labute approximate surface area is 217 Å². The van der Waals surface area contributed by atoms with Crippen molar-refractivity contribution in [2.75, 3.05) is 0 Å². The van der Waals surface area contributed by atoms with Crippen molar-refractivity contribution in [1.29, 1.82) is 0 Å². The molecule has 0 saturated carbocycles. The van der Waals surface area contributed by atoms with Crippen molar-refractivity contribution in [1.82, 2.24) is 0 Å². The summed E-state index contributed by atoms with van der Waals surface area (Å²) in [6.07, 6.45) is 28.3. The molecule has 0 aliphatic rings. The Hall–Kier alpha value is 0.390. The molecule has 0 heterocycles. The number of nitrogens with two attached hydrogens (primary N) is 2. The summed E-state index contributed by atoms with van der Waals surface area (Å²) in [5.41, 5.74) is 12.0. The van der Waals surface area contributed by atoms with E-state index in [2.05, 4.69) is 13.8 Å². The van der Waals surface area contributed by atoms with Gasteiger partial charge in [-0.2, -0.15) is 0 Å². The fourth-order valence-electron chi connectivity index (χ4n) is 3.83. The molecule has 0 unspecified atom stereocenters. The summed E-state index contributed by atoms with van der Waals surface area (Å²) in [6.45, 7) is 5.49. The summed E-state index contributed by atoms with van der Waals surface area (Å²) < 4.78 is 0. The van der Waals surface area contributed by atoms with Gasteiger partial charge >= 0.3 is 29.6 Å². The number of carbonyl (C=O) groups is 1. The molecule has 0 aromatic carbocycles. The summed E-state index contributed by atoms with van der Waals surface area (Å²) in [5, 5.41) is 8.89. The van der Waals surface area contributed by atoms with Crippen molar-refractivity contribution in [3.63, 3.8) is 0 Å². The summed E-state index contributed by atoms with van der Waals surface area (Å²) >= 11 is 0. The predicted molar refractivity (Wildman–Crippen MR) is 130 cm³/mol. The van der Waals surface area contributed by atoms with Crippen LogP contribution in [0.4, 0.5) is 0 Å². The predicted octanol–water partition coefficient (Wildman–Crippen LogP) is 3.59. The van der Waals surface area contributed by atoms with Crippen molar-refractivity contribution in [3.8, 4) is 0 Å². The van der Waals surface area contributed by atoms with Gasteiger partial charge in [-0.15, -0.1) is 0 Å². The Morgan fingerprint density at radius 3 is 1.06 bits per heavy atom. The van der Waals surface area contributed by atoms with E-state index in [4.69, 9.17) is 21.4 Å². The van der Waals surface area contributed by atoms with Crippen LogP contribution in [0.15, 0.2) is 0 Å². The van der Waals surface area contributed by atoms with Crippen LogP contribution in [0.2, 0.25) is 0 Å². The van der Waals surface area contributed by atoms with Crippen LogP contribution in [0.5, 0.6) is 0 Å². The minimum Gasteiger partial charge on any atom is -0.550 e. The minimum absolute atomic E-state index is 0. The second-order valence-electron chi connectivity index (χ2n) is 9.24. The van der Waals surface area contributed by atoms with E-state index >= 15 is 0 Å². The summed E-state index contributed by atoms with van der Waals surface area (Å²) in [5.74, 6) is -1.08. The van der Waals surface area contributed by atoms with Crippen LogP contribution in [0.3, 0.4) is 0 Å². The van der Waals surface area contributed by atoms with Gasteiger partial charge in [-0.25, -0.2) is 0 Å². The molecule has 0 amide bonds. The zero-order chi connectivity index (χ0) is 22.9. The fourth-order valence-corrected chi connectivity index (χ4v) is 3.83. The van der Waals surface area contributed by atoms with E-state index in [9.17, 15) is 0 Å². The molecule has 0 aromatic rings. The second-order valence-corrected chi connectivity index (χ2v) is 9.24. The van der Waals surface area contributed by atoms with Gasteiger partial charge in [-0.05, 0) is 19.8 Å². The number of aliphatic carboxylic acids is 1. The molecule has 0 saturated heterocycles. The van der Waals surface area contributed by atoms with E-state index in [0.717, 1.165) is 19.8 Å². The molecule has 0 aliphatic heterocycles. The summed E-state index contributed by atoms with van der Waals surface area (Å²) in [6, 6.07) is 0. The first kappa shape index (κ1) is 36.0. The molecule has 0 rings (SSSR count). The first-order valence-corrected chi connectivity index (χ1v) is 13.1. The molecule has 4 N–H and O–H groups in total. The molecule has 182 valence electrons. The number of carboxylic acid groups (broad SMARTS) is 1. The van der Waals surface area contributed by atoms with Crippen molar-refractivity contribution < 1.29 is 39.5 Å². The number of rotatable bonds is 21. The third-order valence-electron chi connectivity index (χ3n) is 5.74. The average molecular weight is 451 g/mol. The van der Waals surface area contributed by atoms with E-state index in [-0.39, 0.29) is 29.6 Å². The molecule has 0 spiro atoms. The van der Waals surface area contributed by atoms with Gasteiger partial charge in [0.05, 0.1) is 5.66 Å². The largest absolute Gasteiger partial charge is 1.00 e. The molecule has 0 bridgehead atoms. The van der Waals surface area contributed by atoms with Crippen LogP contribution >= 0.6 is 0 Å². The van der Waals surface area contributed by atoms with Crippen LogP contribution in [0.1, 0.15) is 156 Å². The summed E-state index contributed by atoms with van der Waals surface area (Å²) in [7, 11) is 0. The fraction of sp³-hybridized carbons (Fsp3) is 0.962. The van der Waals surface area contributed by atoms with E-state index in [1.54, 1.807) is 0 Å². The summed E-state index contributed by atoms with van der Waals surface area (Å²) in [4.78, 5) is 8.89. The third-order valence-corrected chi connectivity index (χ3v) is 5.74. The van der Waals surface area contributed by atoms with E-state index in [1.165, 1.54) is 122 Å². The number of carboxylic acids is 1. The zero-order valence-corrected chi connectivity index (χ0v) is 23.8. The van der Waals surface area contributed by atoms with Crippen LogP contribution in [-0.2, 0) is 4.79 Å². The molecule has 0 fully saturated rings. The van der Waals surface area contributed by atoms with Gasteiger partial charge in [-0.3, -0.25) is 0 Å². The first-order valence-electron chi connectivity index (χ1n) is 13.1. The maximum absolute atomic E-state index is 8.89. The van der Waals surface area contributed by atoms with Gasteiger partial charge in [0.1, 0.15) is 0 Å². The van der Waals surface area contributed by atoms with Gasteiger partial charge < -0.3 is 21.4 Å². The number of carbonyl (C=O) groups excluding carboxylic acids is 1. The maximum Gasteiger partial charge on any atom is 1.00 e. The van der Waals surface area contributed by atoms with Gasteiger partial charge in [0.25, 0.3) is 0 Å². The topological polar surface area (TPSA) is 92.2 Å². The van der Waals surface area contributed by atoms with Crippen LogP contribution < -0.4 is 46.1 Å². The molecule has 0 aromatic heterocycles. The molecule has 31 heavy (non-hydrogen) atoms. The van der Waals surface area contributed by atoms with Gasteiger partial charge in [0, 0.05) is 5.97 Å². The van der Waals surface area contributed by atoms with Gasteiger partial charge in [0.2, 0.25) is 0 Å². The second kappa shape index (κ2) is 28.4. The average Bonchev–Trinajstić information content (AvgIpc) is 2.67. The Morgan fingerprint density at radius 2 is 0.774 bits per heavy atom. The maximum atomic E-state index is 8.89. The smallest absolute Gasteiger partial charge is 0.550 e. The van der Waals surface area contributed by atoms with Crippen LogP contribution in [0.25, 0.3) is 0 Å². The van der Waals surface area contributed by atoms with Crippen molar-refractivity contribution in [2.24, 2.45) is 11.5 Å². The molecular weight excluding hydrogens is 395 g/mol. The number of hydrogen-bond donors (Lipinski definition) is 2. The van der Waals surface area contributed by atoms with Crippen LogP contribution in [-0.4, -0.2) is 11.6 Å². The number of unbranched alkanes of at least 4 members (excludes halogenated alkanes) is 17. The molecule has 0 aliphatic carbocycles. The molecular formula is C26H55N2NaO2. The standard InChI is InChI=1S/C24H52N2.C2H4O2.Na/c1-3-5-7-8-9-10-11-12-13-14-15-16-17-18-19-21-23-24(25,26)22-20-6-4-2;1-2(3)4;/h3-23,25-26H2,1-2H3;1H3,(H,3,4);/q;;+1/p-1. The van der Waals surface area contributed by atoms with Gasteiger partial charge in [-0.1, -0.05) is 136 Å². The Morgan fingerprint density at radius 1 is 0.581 bits per heavy atom. The third kappa shape index (κ3) is 38.0. The van der Waals surface area contributed by atoms with Gasteiger partial charge in [0.15, 0.2) is 0 Å². The quantitative estimate of drug-likeness (QED) is 0.159. The molecule has 0 atom stereocenters. The Balaban J connectivity index is -0.00000143. The van der Waals surface area contributed by atoms with E-state index < -0.39 is 11.6 Å². The minimum atomic E-state index is -1.08. The monoisotopic (exact) mass is 450 g/mol. The number of hydrogen-bond acceptors (Lipinski definition) is 4. The zero-order valence-electron chi connectivity index (χ0n) is 21.8. The van der Waals surface area contributed by atoms with E-state index in [1.807, 2.05) is 0 Å². The molecule has 4 nitrogen and oxygen atoms in total. The van der Waals surface area contributed by atoms with Crippen LogP contribution in [0, 0.1) is 0 Å².